The van der Waals surface area contributed by atoms with Gasteiger partial charge in [0, 0.05) is 26.2 Å². The molecule has 11 heteroatoms. The van der Waals surface area contributed by atoms with E-state index < -0.39 is 10.4 Å². The number of hydrogen-bond donors (Lipinski definition) is 6. The van der Waals surface area contributed by atoms with Crippen molar-refractivity contribution in [3.05, 3.63) is 0 Å². The summed E-state index contributed by atoms with van der Waals surface area (Å²) in [6, 6.07) is 0. The molecule has 0 saturated heterocycles. The predicted octanol–water partition coefficient (Wildman–Crippen LogP) is 9.48. The molecule has 0 aromatic rings. The molecular formula is C40H88N2O8S. The molecule has 312 valence electrons. The predicted molar refractivity (Wildman–Crippen MR) is 216 cm³/mol. The molecule has 51 heavy (non-hydrogen) atoms. The molecule has 0 aliphatic heterocycles. The second kappa shape index (κ2) is 47.7. The second-order valence-electron chi connectivity index (χ2n) is 14.1. The number of aliphatic hydroxyl groups is 2. The van der Waals surface area contributed by atoms with E-state index in [0.717, 1.165) is 26.3 Å². The van der Waals surface area contributed by atoms with E-state index in [1.165, 1.54) is 167 Å². The highest BCUT2D eigenvalue weighted by molar-refractivity contribution is 7.79. The van der Waals surface area contributed by atoms with Gasteiger partial charge in [0.25, 0.3) is 0 Å². The van der Waals surface area contributed by atoms with Crippen LogP contribution >= 0.6 is 0 Å². The Morgan fingerprint density at radius 1 is 0.451 bits per heavy atom. The number of rotatable bonds is 38. The topological polar surface area (TPSA) is 158 Å². The average molecular weight is 757 g/mol. The van der Waals surface area contributed by atoms with Crippen LogP contribution < -0.4 is 10.6 Å². The largest absolute Gasteiger partial charge is 0.395 e. The van der Waals surface area contributed by atoms with Crippen LogP contribution in [0.3, 0.4) is 0 Å². The molecule has 0 aromatic heterocycles. The summed E-state index contributed by atoms with van der Waals surface area (Å²) in [5.41, 5.74) is 0. The maximum atomic E-state index is 8.74. The van der Waals surface area contributed by atoms with Crippen molar-refractivity contribution < 1.29 is 37.2 Å². The van der Waals surface area contributed by atoms with Crippen LogP contribution in [0.25, 0.3) is 0 Å². The molecule has 0 bridgehead atoms. The number of hydrogen-bond acceptors (Lipinski definition) is 8. The van der Waals surface area contributed by atoms with Crippen molar-refractivity contribution in [2.45, 2.75) is 207 Å². The molecule has 0 aliphatic carbocycles. The first-order valence-electron chi connectivity index (χ1n) is 21.2. The highest BCUT2D eigenvalue weighted by Gasteiger charge is 2.03. The van der Waals surface area contributed by atoms with E-state index in [2.05, 4.69) is 38.3 Å². The fraction of sp³-hybridized carbons (Fsp3) is 1.00. The average Bonchev–Trinajstić information content (AvgIpc) is 3.08. The Bertz CT molecular complexity index is 667. The fourth-order valence-electron chi connectivity index (χ4n) is 5.78. The van der Waals surface area contributed by atoms with Gasteiger partial charge in [0.05, 0.1) is 38.6 Å². The molecule has 0 rings (SSSR count). The standard InChI is InChI=1S/2C20H43NO2.H2O4S/c2*1-3-4-5-6-7-8-9-10-11-12-13-14-15-20(2)23-19-17-21-16-18-22;1-5(2,3)4/h2*20-22H,3-19H2,1-2H3;(H2,1,2,3,4). The number of aliphatic hydroxyl groups excluding tert-OH is 2. The van der Waals surface area contributed by atoms with Crippen LogP contribution in [0, 0.1) is 0 Å². The molecule has 2 unspecified atom stereocenters. The van der Waals surface area contributed by atoms with Crippen LogP contribution in [0.2, 0.25) is 0 Å². The van der Waals surface area contributed by atoms with Gasteiger partial charge >= 0.3 is 10.4 Å². The minimum atomic E-state index is -4.67. The Kier molecular flexibility index (Phi) is 51.4. The van der Waals surface area contributed by atoms with Gasteiger partial charge in [-0.2, -0.15) is 8.42 Å². The minimum absolute atomic E-state index is 0.203. The van der Waals surface area contributed by atoms with Gasteiger partial charge in [-0.05, 0) is 26.7 Å². The molecular weight excluding hydrogens is 669 g/mol. The van der Waals surface area contributed by atoms with E-state index in [-0.39, 0.29) is 13.2 Å². The number of nitrogens with one attached hydrogen (secondary N) is 2. The van der Waals surface area contributed by atoms with Gasteiger partial charge in [0.1, 0.15) is 0 Å². The van der Waals surface area contributed by atoms with Crippen LogP contribution in [0.5, 0.6) is 0 Å². The number of ether oxygens (including phenoxy) is 2. The Balaban J connectivity index is -0.000000796. The van der Waals surface area contributed by atoms with Crippen molar-refractivity contribution in [2.24, 2.45) is 0 Å². The summed E-state index contributed by atoms with van der Waals surface area (Å²) >= 11 is 0. The lowest BCUT2D eigenvalue weighted by Crippen LogP contribution is -2.24. The van der Waals surface area contributed by atoms with Crippen LogP contribution in [0.4, 0.5) is 0 Å². The highest BCUT2D eigenvalue weighted by atomic mass is 32.3. The van der Waals surface area contributed by atoms with Gasteiger partial charge in [0.2, 0.25) is 0 Å². The zero-order valence-corrected chi connectivity index (χ0v) is 34.8. The third-order valence-electron chi connectivity index (χ3n) is 8.87. The first kappa shape index (κ1) is 55.0. The van der Waals surface area contributed by atoms with Crippen molar-refractivity contribution in [1.82, 2.24) is 10.6 Å². The van der Waals surface area contributed by atoms with Crippen LogP contribution in [0.15, 0.2) is 0 Å². The van der Waals surface area contributed by atoms with Crippen molar-refractivity contribution in [2.75, 3.05) is 52.6 Å². The maximum absolute atomic E-state index is 8.74. The quantitative estimate of drug-likeness (QED) is 0.0265. The molecule has 0 spiro atoms. The Labute approximate surface area is 317 Å². The molecule has 0 saturated carbocycles. The normalized spacial score (nSPS) is 12.5. The monoisotopic (exact) mass is 757 g/mol. The molecule has 0 radical (unpaired) electrons. The summed E-state index contributed by atoms with van der Waals surface area (Å²) in [4.78, 5) is 0. The lowest BCUT2D eigenvalue weighted by molar-refractivity contribution is 0.0598. The third kappa shape index (κ3) is 65.0. The Hall–Kier alpha value is -0.370. The molecule has 0 heterocycles. The molecule has 10 nitrogen and oxygen atoms in total. The Morgan fingerprint density at radius 3 is 0.922 bits per heavy atom. The summed E-state index contributed by atoms with van der Waals surface area (Å²) < 4.78 is 43.1. The van der Waals surface area contributed by atoms with Gasteiger partial charge in [-0.3, -0.25) is 9.11 Å². The van der Waals surface area contributed by atoms with Crippen LogP contribution in [-0.2, 0) is 19.9 Å². The first-order chi connectivity index (χ1) is 24.6. The van der Waals surface area contributed by atoms with Crippen molar-refractivity contribution in [3.63, 3.8) is 0 Å². The molecule has 6 N–H and O–H groups in total. The van der Waals surface area contributed by atoms with E-state index in [0.29, 0.717) is 25.3 Å². The van der Waals surface area contributed by atoms with Gasteiger partial charge in [-0.1, -0.05) is 168 Å². The van der Waals surface area contributed by atoms with Gasteiger partial charge in [-0.25, -0.2) is 0 Å². The van der Waals surface area contributed by atoms with E-state index in [1.807, 2.05) is 0 Å². The van der Waals surface area contributed by atoms with E-state index in [4.69, 9.17) is 37.2 Å². The summed E-state index contributed by atoms with van der Waals surface area (Å²) in [5, 5.41) is 23.6. The fourth-order valence-corrected chi connectivity index (χ4v) is 5.78. The molecule has 0 aliphatic rings. The SMILES string of the molecule is CCCCCCCCCCCCCCC(C)OCCNCCO.CCCCCCCCCCCCCCC(C)OCCNCCO.O=S(=O)(O)O. The van der Waals surface area contributed by atoms with E-state index in [1.54, 1.807) is 0 Å². The zero-order valence-electron chi connectivity index (χ0n) is 34.0. The Morgan fingerprint density at radius 2 is 0.686 bits per heavy atom. The third-order valence-corrected chi connectivity index (χ3v) is 8.87. The summed E-state index contributed by atoms with van der Waals surface area (Å²) in [5.74, 6) is 0. The van der Waals surface area contributed by atoms with E-state index >= 15 is 0 Å². The summed E-state index contributed by atoms with van der Waals surface area (Å²) in [7, 11) is -4.67. The van der Waals surface area contributed by atoms with E-state index in [9.17, 15) is 0 Å². The summed E-state index contributed by atoms with van der Waals surface area (Å²) in [6.07, 6.45) is 36.8. The van der Waals surface area contributed by atoms with Gasteiger partial charge < -0.3 is 30.3 Å². The maximum Gasteiger partial charge on any atom is 0.394 e. The first-order valence-corrected chi connectivity index (χ1v) is 22.6. The van der Waals surface area contributed by atoms with Crippen LogP contribution in [-0.4, -0.2) is 92.6 Å². The smallest absolute Gasteiger partial charge is 0.394 e. The van der Waals surface area contributed by atoms with Crippen molar-refractivity contribution >= 4 is 10.4 Å². The zero-order chi connectivity index (χ0) is 38.5. The highest BCUT2D eigenvalue weighted by Crippen LogP contribution is 2.15. The molecule has 2 atom stereocenters. The van der Waals surface area contributed by atoms with Crippen molar-refractivity contribution in [1.29, 1.82) is 0 Å². The molecule has 0 amide bonds. The second-order valence-corrected chi connectivity index (χ2v) is 15.0. The lowest BCUT2D eigenvalue weighted by atomic mass is 10.0. The summed E-state index contributed by atoms with van der Waals surface area (Å²) in [6.45, 7) is 13.8. The van der Waals surface area contributed by atoms with Crippen LogP contribution in [0.1, 0.15) is 195 Å². The molecule has 0 aromatic carbocycles. The number of unbranched alkanes of at least 4 members (excludes halogenated alkanes) is 22. The van der Waals surface area contributed by atoms with Crippen molar-refractivity contribution in [3.8, 4) is 0 Å². The molecule has 0 fully saturated rings. The lowest BCUT2D eigenvalue weighted by Gasteiger charge is -2.13. The minimum Gasteiger partial charge on any atom is -0.395 e. The van der Waals surface area contributed by atoms with Gasteiger partial charge in [0.15, 0.2) is 0 Å². The van der Waals surface area contributed by atoms with Gasteiger partial charge in [-0.15, -0.1) is 0 Å².